The normalized spacial score (nSPS) is 9.95. The van der Waals surface area contributed by atoms with Crippen molar-refractivity contribution >= 4 is 7.32 Å². The average Bonchev–Trinajstić information content (AvgIpc) is 2.46. The van der Waals surface area contributed by atoms with Gasteiger partial charge in [0.1, 0.15) is 12.4 Å². The number of hydrogen-bond donors (Lipinski definition) is 2. The van der Waals surface area contributed by atoms with Crippen molar-refractivity contribution in [2.45, 2.75) is 6.61 Å². The zero-order chi connectivity index (χ0) is 14.4. The minimum atomic E-state index is -1.87. The van der Waals surface area contributed by atoms with E-state index in [9.17, 15) is 0 Å². The van der Waals surface area contributed by atoms with E-state index < -0.39 is 7.32 Å². The molecule has 6 heteroatoms. The van der Waals surface area contributed by atoms with E-state index in [1.54, 1.807) is 18.2 Å². The first-order valence-electron chi connectivity index (χ1n) is 6.06. The zero-order valence-corrected chi connectivity index (χ0v) is 11.0. The molecular weight excluding hydrogens is 259 g/mol. The summed E-state index contributed by atoms with van der Waals surface area (Å²) >= 11 is 0. The molecule has 0 atom stereocenters. The summed E-state index contributed by atoms with van der Waals surface area (Å²) in [5.41, 5.74) is 1.02. The lowest BCUT2D eigenvalue weighted by Crippen LogP contribution is -2.20. The second-order valence-electron chi connectivity index (χ2n) is 4.03. The molecule has 0 bridgehead atoms. The molecule has 104 valence electrons. The summed E-state index contributed by atoms with van der Waals surface area (Å²) in [6, 6.07) is 14.4. The van der Waals surface area contributed by atoms with Crippen molar-refractivity contribution in [3.05, 3.63) is 54.1 Å². The minimum Gasteiger partial charge on any atom is -0.512 e. The maximum absolute atomic E-state index is 8.79. The highest BCUT2D eigenvalue weighted by Gasteiger charge is 2.13. The molecule has 0 amide bonds. The van der Waals surface area contributed by atoms with Crippen LogP contribution in [-0.2, 0) is 6.61 Å². The molecular formula is C14H15BO5. The molecule has 0 heterocycles. The van der Waals surface area contributed by atoms with E-state index >= 15 is 0 Å². The van der Waals surface area contributed by atoms with E-state index in [1.807, 2.05) is 30.3 Å². The fraction of sp³-hybridized carbons (Fsp3) is 0.143. The number of hydrogen-bond acceptors (Lipinski definition) is 5. The van der Waals surface area contributed by atoms with Crippen LogP contribution in [0.2, 0.25) is 0 Å². The Bertz CT molecular complexity index is 545. The van der Waals surface area contributed by atoms with E-state index in [0.29, 0.717) is 18.1 Å². The van der Waals surface area contributed by atoms with Crippen molar-refractivity contribution in [3.8, 4) is 17.2 Å². The smallest absolute Gasteiger partial charge is 0.512 e. The van der Waals surface area contributed by atoms with Gasteiger partial charge in [0, 0.05) is 6.07 Å². The topological polar surface area (TPSA) is 68.2 Å². The van der Waals surface area contributed by atoms with E-state index in [0.717, 1.165) is 5.56 Å². The summed E-state index contributed by atoms with van der Waals surface area (Å²) in [7, 11) is -0.336. The van der Waals surface area contributed by atoms with Crippen molar-refractivity contribution < 1.29 is 24.2 Å². The first kappa shape index (κ1) is 14.2. The van der Waals surface area contributed by atoms with Crippen LogP contribution in [0.25, 0.3) is 0 Å². The van der Waals surface area contributed by atoms with E-state index in [2.05, 4.69) is 0 Å². The molecule has 0 unspecified atom stereocenters. The van der Waals surface area contributed by atoms with Crippen LogP contribution in [-0.4, -0.2) is 24.5 Å². The second kappa shape index (κ2) is 6.84. The molecule has 0 fully saturated rings. The predicted octanol–water partition coefficient (Wildman–Crippen LogP) is 1.62. The highest BCUT2D eigenvalue weighted by molar-refractivity contribution is 6.33. The fourth-order valence-corrected chi connectivity index (χ4v) is 1.70. The van der Waals surface area contributed by atoms with Gasteiger partial charge in [-0.05, 0) is 17.7 Å². The highest BCUT2D eigenvalue weighted by Crippen LogP contribution is 2.32. The Labute approximate surface area is 117 Å². The second-order valence-corrected chi connectivity index (χ2v) is 4.03. The van der Waals surface area contributed by atoms with Gasteiger partial charge in [-0.25, -0.2) is 0 Å². The van der Waals surface area contributed by atoms with Gasteiger partial charge in [-0.2, -0.15) is 0 Å². The molecule has 2 rings (SSSR count). The Kier molecular flexibility index (Phi) is 4.87. The molecule has 5 nitrogen and oxygen atoms in total. The number of benzene rings is 2. The Morgan fingerprint density at radius 1 is 1.00 bits per heavy atom. The van der Waals surface area contributed by atoms with Crippen LogP contribution in [0.1, 0.15) is 5.56 Å². The van der Waals surface area contributed by atoms with Gasteiger partial charge in [0.15, 0.2) is 11.5 Å². The number of methoxy groups -OCH3 is 1. The van der Waals surface area contributed by atoms with Crippen molar-refractivity contribution in [1.29, 1.82) is 0 Å². The largest absolute Gasteiger partial charge is 0.707 e. The number of ether oxygens (including phenoxy) is 2. The Morgan fingerprint density at radius 3 is 2.40 bits per heavy atom. The van der Waals surface area contributed by atoms with Crippen LogP contribution in [0, 0.1) is 0 Å². The van der Waals surface area contributed by atoms with Crippen LogP contribution < -0.4 is 14.1 Å². The Morgan fingerprint density at radius 2 is 1.75 bits per heavy atom. The van der Waals surface area contributed by atoms with Gasteiger partial charge in [0.2, 0.25) is 0 Å². The summed E-state index contributed by atoms with van der Waals surface area (Å²) < 4.78 is 15.6. The number of rotatable bonds is 6. The molecule has 0 aromatic heterocycles. The van der Waals surface area contributed by atoms with Crippen LogP contribution in [0.3, 0.4) is 0 Å². The molecule has 0 radical (unpaired) electrons. The molecule has 0 aliphatic carbocycles. The first-order valence-corrected chi connectivity index (χ1v) is 6.06. The van der Waals surface area contributed by atoms with Gasteiger partial charge in [0.05, 0.1) is 7.11 Å². The highest BCUT2D eigenvalue weighted by atomic mass is 16.6. The molecule has 0 aliphatic heterocycles. The van der Waals surface area contributed by atoms with E-state index in [4.69, 9.17) is 24.2 Å². The summed E-state index contributed by atoms with van der Waals surface area (Å²) in [5, 5.41) is 17.6. The van der Waals surface area contributed by atoms with Gasteiger partial charge in [-0.1, -0.05) is 30.3 Å². The molecule has 2 aromatic carbocycles. The summed E-state index contributed by atoms with van der Waals surface area (Å²) in [6.07, 6.45) is 0. The van der Waals surface area contributed by atoms with Crippen LogP contribution in [0.4, 0.5) is 0 Å². The lowest BCUT2D eigenvalue weighted by Gasteiger charge is -2.13. The third-order valence-electron chi connectivity index (χ3n) is 2.61. The third-order valence-corrected chi connectivity index (χ3v) is 2.61. The standard InChI is InChI=1S/C14H15BO5/c1-18-13-8-7-12(20-15(16)17)9-14(13)19-10-11-5-3-2-4-6-11/h2-9,16-17H,10H2,1H3. The van der Waals surface area contributed by atoms with Gasteiger partial charge >= 0.3 is 7.32 Å². The predicted molar refractivity (Wildman–Crippen MR) is 74.6 cm³/mol. The van der Waals surface area contributed by atoms with Crippen LogP contribution in [0.5, 0.6) is 17.2 Å². The Hall–Kier alpha value is -2.18. The lowest BCUT2D eigenvalue weighted by molar-refractivity contribution is 0.275. The molecule has 2 aromatic rings. The molecule has 2 N–H and O–H groups in total. The van der Waals surface area contributed by atoms with Crippen LogP contribution in [0.15, 0.2) is 48.5 Å². The molecule has 0 saturated heterocycles. The molecule has 0 saturated carbocycles. The molecule has 0 spiro atoms. The molecule has 0 aliphatic rings. The lowest BCUT2D eigenvalue weighted by atomic mass is 10.2. The maximum atomic E-state index is 8.79. The SMILES string of the molecule is COc1ccc(OB(O)O)cc1OCc1ccccc1. The quantitative estimate of drug-likeness (QED) is 0.783. The third kappa shape index (κ3) is 3.91. The first-order chi connectivity index (χ1) is 9.69. The van der Waals surface area contributed by atoms with Gasteiger partial charge in [-0.15, -0.1) is 0 Å². The monoisotopic (exact) mass is 274 g/mol. The van der Waals surface area contributed by atoms with Crippen molar-refractivity contribution in [3.63, 3.8) is 0 Å². The average molecular weight is 274 g/mol. The zero-order valence-electron chi connectivity index (χ0n) is 11.0. The van der Waals surface area contributed by atoms with Crippen molar-refractivity contribution in [2.24, 2.45) is 0 Å². The van der Waals surface area contributed by atoms with Crippen molar-refractivity contribution in [1.82, 2.24) is 0 Å². The van der Waals surface area contributed by atoms with Gasteiger partial charge < -0.3 is 24.2 Å². The fourth-order valence-electron chi connectivity index (χ4n) is 1.70. The van der Waals surface area contributed by atoms with Gasteiger partial charge in [0.25, 0.3) is 0 Å². The van der Waals surface area contributed by atoms with E-state index in [1.165, 1.54) is 7.11 Å². The Balaban J connectivity index is 2.12. The van der Waals surface area contributed by atoms with Gasteiger partial charge in [-0.3, -0.25) is 0 Å². The minimum absolute atomic E-state index is 0.281. The molecule has 20 heavy (non-hydrogen) atoms. The summed E-state index contributed by atoms with van der Waals surface area (Å²) in [4.78, 5) is 0. The van der Waals surface area contributed by atoms with Crippen molar-refractivity contribution in [2.75, 3.05) is 7.11 Å². The maximum Gasteiger partial charge on any atom is 0.707 e. The van der Waals surface area contributed by atoms with Crippen LogP contribution >= 0.6 is 0 Å². The summed E-state index contributed by atoms with van der Waals surface area (Å²) in [6.45, 7) is 0.377. The van der Waals surface area contributed by atoms with E-state index in [-0.39, 0.29) is 5.75 Å². The summed E-state index contributed by atoms with van der Waals surface area (Å²) in [5.74, 6) is 1.29.